The average Bonchev–Trinajstić information content (AvgIpc) is 0.748. The first-order chi connectivity index (χ1) is 53.4. The molecule has 9 aromatic rings. The Morgan fingerprint density at radius 3 is 1.12 bits per heavy atom. The van der Waals surface area contributed by atoms with Crippen LogP contribution in [0.1, 0.15) is 59.3 Å². The molecule has 0 unspecified atom stereocenters. The Kier molecular flexibility index (Phi) is 25.4. The van der Waals surface area contributed by atoms with Crippen LogP contribution in [0.5, 0.6) is 17.2 Å². The number of methoxy groups -OCH3 is 1. The Bertz CT molecular complexity index is 5030. The molecule has 3 aromatic heterocycles. The normalized spacial score (nSPS) is 18.2. The topological polar surface area (TPSA) is 194 Å². The number of amides is 1. The van der Waals surface area contributed by atoms with E-state index in [4.69, 9.17) is 66.1 Å². The molecular formula is C81H90Cl4F6N16O5. The van der Waals surface area contributed by atoms with Crippen LogP contribution in [0.2, 0.25) is 15.1 Å². The van der Waals surface area contributed by atoms with Crippen molar-refractivity contribution in [1.82, 2.24) is 49.5 Å². The molecule has 0 aliphatic carbocycles. The van der Waals surface area contributed by atoms with Gasteiger partial charge in [0.2, 0.25) is 29.0 Å². The van der Waals surface area contributed by atoms with Crippen LogP contribution in [-0.4, -0.2) is 229 Å². The number of carbonyl (C=O) groups is 2. The zero-order valence-corrected chi connectivity index (χ0v) is 67.1. The van der Waals surface area contributed by atoms with Gasteiger partial charge < -0.3 is 63.9 Å². The third-order valence-corrected chi connectivity index (χ3v) is 22.9. The van der Waals surface area contributed by atoms with E-state index in [2.05, 4.69) is 71.4 Å². The van der Waals surface area contributed by atoms with Gasteiger partial charge in [0.25, 0.3) is 0 Å². The molecule has 0 radical (unpaired) electrons. The Morgan fingerprint density at radius 1 is 0.473 bits per heavy atom. The van der Waals surface area contributed by atoms with E-state index >= 15 is 13.2 Å². The molecule has 6 aliphatic rings. The number of allylic oxidation sites excluding steroid dienone is 1. The van der Waals surface area contributed by atoms with Gasteiger partial charge in [-0.2, -0.15) is 15.0 Å². The maximum Gasteiger partial charge on any atom is 0.246 e. The number of nitrogens with zero attached hydrogens (tertiary/aromatic N) is 16. The number of benzene rings is 6. The van der Waals surface area contributed by atoms with Crippen LogP contribution >= 0.6 is 46.4 Å². The predicted molar refractivity (Wildman–Crippen MR) is 435 cm³/mol. The Balaban J connectivity index is 0.000000151. The van der Waals surface area contributed by atoms with E-state index in [0.717, 1.165) is 89.9 Å². The van der Waals surface area contributed by atoms with Gasteiger partial charge in [-0.05, 0) is 180 Å². The fraction of sp³-hybridized carbons (Fsp3) is 0.407. The highest BCUT2D eigenvalue weighted by Crippen LogP contribution is 2.48. The molecule has 0 saturated carbocycles. The Morgan fingerprint density at radius 2 is 0.812 bits per heavy atom. The first-order valence-corrected chi connectivity index (χ1v) is 38.6. The van der Waals surface area contributed by atoms with Crippen molar-refractivity contribution in [2.24, 2.45) is 0 Å². The number of piperidine rings is 2. The zero-order valence-electron chi connectivity index (χ0n) is 64.0. The molecule has 6 saturated heterocycles. The largest absolute Gasteiger partial charge is 0.507 e. The number of fused-ring (bicyclic) bond motifs is 3. The summed E-state index contributed by atoms with van der Waals surface area (Å²) >= 11 is 24.4. The number of hydrogen-bond donors (Lipinski definition) is 2. The highest BCUT2D eigenvalue weighted by atomic mass is 35.5. The lowest BCUT2D eigenvalue weighted by molar-refractivity contribution is -0.126. The van der Waals surface area contributed by atoms with Crippen molar-refractivity contribution in [3.63, 3.8) is 0 Å². The fourth-order valence-electron chi connectivity index (χ4n) is 15.0. The van der Waals surface area contributed by atoms with Crippen LogP contribution in [0.3, 0.4) is 0 Å². The summed E-state index contributed by atoms with van der Waals surface area (Å²) in [5, 5.41) is 21.6. The number of piperazine rings is 1. The number of anilines is 6. The summed E-state index contributed by atoms with van der Waals surface area (Å²) in [4.78, 5) is 70.7. The molecule has 112 heavy (non-hydrogen) atoms. The molecule has 21 nitrogen and oxygen atoms in total. The monoisotopic (exact) mass is 1620 g/mol. The third kappa shape index (κ3) is 16.6. The molecule has 2 N–H and O–H groups in total. The molecule has 15 rings (SSSR count). The van der Waals surface area contributed by atoms with Crippen molar-refractivity contribution in [3.05, 3.63) is 148 Å². The average molecular weight is 1620 g/mol. The number of likely N-dealkylation sites (N-methyl/N-ethyl adjacent to an activating group) is 3. The summed E-state index contributed by atoms with van der Waals surface area (Å²) in [6, 6.07) is 18.2. The lowest BCUT2D eigenvalue weighted by atomic mass is 9.99. The summed E-state index contributed by atoms with van der Waals surface area (Å²) in [5.41, 5.74) is -0.894. The van der Waals surface area contributed by atoms with Gasteiger partial charge in [0.1, 0.15) is 68.7 Å². The van der Waals surface area contributed by atoms with Crippen LogP contribution in [0.25, 0.3) is 66.1 Å². The third-order valence-electron chi connectivity index (χ3n) is 21.8. The van der Waals surface area contributed by atoms with Gasteiger partial charge in [0.15, 0.2) is 17.5 Å². The van der Waals surface area contributed by atoms with Crippen LogP contribution in [0, 0.1) is 34.9 Å². The predicted octanol–water partition coefficient (Wildman–Crippen LogP) is 15.3. The number of phenolic OH excluding ortho intramolecular Hbond substituents is 2. The lowest BCUT2D eigenvalue weighted by Crippen LogP contribution is -2.58. The molecule has 6 fully saturated rings. The second-order valence-electron chi connectivity index (χ2n) is 29.6. The number of phenols is 2. The van der Waals surface area contributed by atoms with Gasteiger partial charge in [-0.15, -0.1) is 0 Å². The SMILES string of the molecule is C=CC(=O)Cl.C=CC(=O)N1CCN(c2nc(N3CC(N(C)C)C3)nc3c(F)c(-c4c(O)cccc4F)c(Cl)cc23)[C@@H](C)C1.COc1cccc(F)c1-c1c(Cl)cc2c(N3CCCC[C@@H]3C)nc(N3CC(N(C)C)C3)nc2c1F.C[C@H]1CCCCN1c1nc(N2CC(N(C)C)C2)nc2c(F)c(-c3c(O)cccc3F)c(Cl)cc12. The summed E-state index contributed by atoms with van der Waals surface area (Å²) in [6.45, 7) is 20.2. The van der Waals surface area contributed by atoms with Crippen molar-refractivity contribution >= 4 is 126 Å². The van der Waals surface area contributed by atoms with E-state index in [-0.39, 0.29) is 101 Å². The minimum Gasteiger partial charge on any atom is -0.507 e. The molecule has 3 atom stereocenters. The van der Waals surface area contributed by atoms with Crippen LogP contribution in [0.4, 0.5) is 61.6 Å². The minimum absolute atomic E-state index is 0.00397. The number of aromatic hydroxyl groups is 2. The molecule has 0 bridgehead atoms. The highest BCUT2D eigenvalue weighted by Gasteiger charge is 2.39. The Hall–Kier alpha value is -9.22. The van der Waals surface area contributed by atoms with E-state index in [1.807, 2.05) is 63.9 Å². The summed E-state index contributed by atoms with van der Waals surface area (Å²) < 4.78 is 98.3. The summed E-state index contributed by atoms with van der Waals surface area (Å²) in [7, 11) is 13.5. The summed E-state index contributed by atoms with van der Waals surface area (Å²) in [5.74, 6) is -2.08. The van der Waals surface area contributed by atoms with Gasteiger partial charge in [-0.1, -0.05) is 66.2 Å². The number of halogens is 10. The first-order valence-electron chi connectivity index (χ1n) is 37.1. The zero-order chi connectivity index (χ0) is 80.6. The quantitative estimate of drug-likeness (QED) is 0.0558. The molecule has 31 heteroatoms. The smallest absolute Gasteiger partial charge is 0.246 e. The second kappa shape index (κ2) is 34.6. The molecule has 1 amide bonds. The number of carbonyl (C=O) groups excluding carboxylic acids is 2. The standard InChI is InChI=1S/C27H29ClF2N6O2.C26H30ClF2N5O.C25H28ClF2N5O.C3H3ClO/c1-5-21(38)34-9-10-36(15(2)12-34)26-17-11-18(28)22(23-19(29)7-6-8-20(23)37)24(30)25(17)31-27(32-26)35-13-16(14-35)33(3)4;1-15-8-5-6-11-34(15)25-17-12-18(27)21(22-19(28)9-7-10-20(22)35-4)23(29)24(17)30-26(31-25)33-13-16(14-33)32(2)3;1-14-7-4-5-10-33(14)24-16-11-17(26)20(21-18(27)8-6-9-19(21)34)22(28)23(16)29-25(30-24)32-12-15(13-32)31(2)3;1-2-3(4)5/h5-8,11,15-16,37H,1,9-10,12-14H2,2-4H3;7,9-10,12,15-16H,5-6,8,11,13-14H2,1-4H3;6,8-9,11,14-15,34H,4-5,7,10,12-13H2,1-3H3;2H,1H2/t2*15-;14-;/m000./s1. The van der Waals surface area contributed by atoms with E-state index in [1.54, 1.807) is 23.1 Å². The van der Waals surface area contributed by atoms with Crippen molar-refractivity contribution in [2.45, 2.75) is 95.5 Å². The van der Waals surface area contributed by atoms with Crippen molar-refractivity contribution in [1.29, 1.82) is 0 Å². The maximum absolute atomic E-state index is 16.3. The van der Waals surface area contributed by atoms with Crippen LogP contribution in [-0.2, 0) is 9.59 Å². The van der Waals surface area contributed by atoms with E-state index in [1.165, 1.54) is 61.7 Å². The van der Waals surface area contributed by atoms with E-state index < -0.39 is 45.9 Å². The molecule has 9 heterocycles. The van der Waals surface area contributed by atoms with Crippen molar-refractivity contribution in [2.75, 3.05) is 151 Å². The Labute approximate surface area is 667 Å². The first kappa shape index (κ1) is 82.2. The number of aromatic nitrogens is 6. The van der Waals surface area contributed by atoms with Crippen LogP contribution in [0.15, 0.2) is 98.1 Å². The van der Waals surface area contributed by atoms with Crippen LogP contribution < -0.4 is 34.1 Å². The van der Waals surface area contributed by atoms with Gasteiger partial charge in [-0.3, -0.25) is 9.59 Å². The second-order valence-corrected chi connectivity index (χ2v) is 31.2. The van der Waals surface area contributed by atoms with Crippen molar-refractivity contribution in [3.8, 4) is 50.6 Å². The van der Waals surface area contributed by atoms with E-state index in [9.17, 15) is 33.0 Å². The van der Waals surface area contributed by atoms with Gasteiger partial charge in [-0.25, -0.2) is 41.3 Å². The maximum atomic E-state index is 16.3. The van der Waals surface area contributed by atoms with Gasteiger partial charge in [0.05, 0.1) is 38.9 Å². The van der Waals surface area contributed by atoms with Gasteiger partial charge >= 0.3 is 0 Å². The highest BCUT2D eigenvalue weighted by molar-refractivity contribution is 6.66. The number of rotatable bonds is 15. The molecule has 594 valence electrons. The van der Waals surface area contributed by atoms with Crippen molar-refractivity contribution < 1.29 is 50.9 Å². The number of hydrogen-bond acceptors (Lipinski definition) is 20. The van der Waals surface area contributed by atoms with E-state index in [0.29, 0.717) is 102 Å². The minimum atomic E-state index is -0.837. The van der Waals surface area contributed by atoms with Gasteiger partial charge in [0, 0.05) is 141 Å². The number of ether oxygens (including phenoxy) is 1. The molecule has 6 aliphatic heterocycles. The molecule has 6 aromatic carbocycles. The lowest BCUT2D eigenvalue weighted by Gasteiger charge is -2.44. The molecular weight excluding hydrogens is 1530 g/mol. The molecule has 0 spiro atoms. The fourth-order valence-corrected chi connectivity index (χ4v) is 15.8. The summed E-state index contributed by atoms with van der Waals surface area (Å²) in [6.07, 6.45) is 8.74.